The summed E-state index contributed by atoms with van der Waals surface area (Å²) < 4.78 is 19.8. The second-order valence-corrected chi connectivity index (χ2v) is 5.81. The topological polar surface area (TPSA) is 21.3 Å². The van der Waals surface area contributed by atoms with Crippen molar-refractivity contribution in [3.8, 4) is 0 Å². The first-order valence-electron chi connectivity index (χ1n) is 7.73. The molecule has 3 heteroatoms. The molecule has 112 valence electrons. The third-order valence-electron chi connectivity index (χ3n) is 4.36. The predicted octanol–water partition coefficient (Wildman–Crippen LogP) is 3.61. The molecular weight excluding hydrogens is 265 g/mol. The largest absolute Gasteiger partial charge is 0.489 e. The number of hydrogen-bond donors (Lipinski definition) is 1. The Hall–Kier alpha value is -1.61. The van der Waals surface area contributed by atoms with Crippen LogP contribution in [0.2, 0.25) is 0 Å². The Morgan fingerprint density at radius 3 is 2.81 bits per heavy atom. The van der Waals surface area contributed by atoms with E-state index in [2.05, 4.69) is 29.6 Å². The van der Waals surface area contributed by atoms with Gasteiger partial charge in [-0.05, 0) is 48.9 Å². The summed E-state index contributed by atoms with van der Waals surface area (Å²) in [6, 6.07) is 10.1. The van der Waals surface area contributed by atoms with E-state index in [0.29, 0.717) is 19.1 Å². The minimum absolute atomic E-state index is 0.148. The zero-order chi connectivity index (χ0) is 14.5. The van der Waals surface area contributed by atoms with Crippen molar-refractivity contribution in [1.29, 1.82) is 0 Å². The Morgan fingerprint density at radius 1 is 1.24 bits per heavy atom. The van der Waals surface area contributed by atoms with Gasteiger partial charge < -0.3 is 10.1 Å². The Bertz CT molecular complexity index is 511. The van der Waals surface area contributed by atoms with Crippen molar-refractivity contribution in [3.63, 3.8) is 0 Å². The number of halogens is 1. The highest BCUT2D eigenvalue weighted by Crippen LogP contribution is 2.31. The summed E-state index contributed by atoms with van der Waals surface area (Å²) in [7, 11) is 0. The van der Waals surface area contributed by atoms with E-state index in [-0.39, 0.29) is 5.92 Å². The van der Waals surface area contributed by atoms with Gasteiger partial charge in [0.05, 0.1) is 0 Å². The second kappa shape index (κ2) is 6.90. The summed E-state index contributed by atoms with van der Waals surface area (Å²) >= 11 is 0. The molecule has 2 aliphatic rings. The molecule has 1 fully saturated rings. The lowest BCUT2D eigenvalue weighted by atomic mass is 9.80. The summed E-state index contributed by atoms with van der Waals surface area (Å²) in [4.78, 5) is 0. The molecule has 1 aromatic carbocycles. The number of nitrogens with one attached hydrogen (secondary N) is 1. The van der Waals surface area contributed by atoms with Crippen LogP contribution in [0.1, 0.15) is 18.4 Å². The first kappa shape index (κ1) is 14.3. The maximum Gasteiger partial charge on any atom is 0.116 e. The summed E-state index contributed by atoms with van der Waals surface area (Å²) in [6.45, 7) is 2.01. The molecule has 1 unspecified atom stereocenters. The van der Waals surface area contributed by atoms with Crippen LogP contribution in [-0.4, -0.2) is 19.3 Å². The molecule has 0 bridgehead atoms. The molecule has 0 aromatic heterocycles. The maximum absolute atomic E-state index is 14.0. The number of ether oxygens (including phenoxy) is 1. The minimum atomic E-state index is -0.728. The molecule has 1 aliphatic carbocycles. The number of rotatable bonds is 4. The van der Waals surface area contributed by atoms with Crippen LogP contribution in [0.3, 0.4) is 0 Å². The molecule has 1 heterocycles. The molecule has 1 aliphatic heterocycles. The van der Waals surface area contributed by atoms with Crippen LogP contribution < -0.4 is 5.32 Å². The lowest BCUT2D eigenvalue weighted by molar-refractivity contribution is 0.141. The summed E-state index contributed by atoms with van der Waals surface area (Å²) in [5.74, 6) is 1.36. The molecule has 2 nitrogen and oxygen atoms in total. The molecule has 21 heavy (non-hydrogen) atoms. The standard InChI is InChI=1S/C18H22FNO/c19-18-12-20-11-10-17(18)15-6-8-16(9-7-15)21-13-14-4-2-1-3-5-14/h1-6,8-9,15,17-18,20H,7,10-13H2/t15?,17-,18+/m0/s1. The van der Waals surface area contributed by atoms with E-state index in [1.54, 1.807) is 0 Å². The molecule has 0 spiro atoms. The predicted molar refractivity (Wildman–Crippen MR) is 82.4 cm³/mol. The van der Waals surface area contributed by atoms with Gasteiger partial charge in [0, 0.05) is 6.54 Å². The third kappa shape index (κ3) is 3.73. The van der Waals surface area contributed by atoms with Crippen molar-refractivity contribution in [2.45, 2.75) is 25.6 Å². The van der Waals surface area contributed by atoms with Gasteiger partial charge in [0.25, 0.3) is 0 Å². The molecule has 3 atom stereocenters. The van der Waals surface area contributed by atoms with E-state index in [1.165, 1.54) is 0 Å². The van der Waals surface area contributed by atoms with Gasteiger partial charge in [-0.25, -0.2) is 4.39 Å². The molecule has 3 rings (SSSR count). The van der Waals surface area contributed by atoms with Crippen molar-refractivity contribution in [2.24, 2.45) is 11.8 Å². The number of alkyl halides is 1. The van der Waals surface area contributed by atoms with Crippen LogP contribution in [-0.2, 0) is 11.3 Å². The van der Waals surface area contributed by atoms with Gasteiger partial charge in [-0.3, -0.25) is 0 Å². The zero-order valence-electron chi connectivity index (χ0n) is 12.2. The fourth-order valence-corrected chi connectivity index (χ4v) is 3.11. The van der Waals surface area contributed by atoms with Crippen molar-refractivity contribution in [1.82, 2.24) is 5.32 Å². The number of allylic oxidation sites excluding steroid dienone is 3. The SMILES string of the molecule is F[C@@H]1CNCC[C@H]1C1C=CC(OCc2ccccc2)=CC1. The van der Waals surface area contributed by atoms with Gasteiger partial charge in [-0.2, -0.15) is 0 Å². The van der Waals surface area contributed by atoms with Gasteiger partial charge in [-0.15, -0.1) is 0 Å². The molecule has 0 radical (unpaired) electrons. The van der Waals surface area contributed by atoms with Gasteiger partial charge >= 0.3 is 0 Å². The van der Waals surface area contributed by atoms with Gasteiger partial charge in [-0.1, -0.05) is 36.4 Å². The zero-order valence-corrected chi connectivity index (χ0v) is 12.2. The smallest absolute Gasteiger partial charge is 0.116 e. The number of benzene rings is 1. The summed E-state index contributed by atoms with van der Waals surface area (Å²) in [5.41, 5.74) is 1.16. The highest BCUT2D eigenvalue weighted by atomic mass is 19.1. The fraction of sp³-hybridized carbons (Fsp3) is 0.444. The normalized spacial score (nSPS) is 29.0. The Morgan fingerprint density at radius 2 is 2.10 bits per heavy atom. The lowest BCUT2D eigenvalue weighted by Crippen LogP contribution is -2.41. The molecular formula is C18H22FNO. The van der Waals surface area contributed by atoms with Crippen molar-refractivity contribution in [2.75, 3.05) is 13.1 Å². The maximum atomic E-state index is 14.0. The third-order valence-corrected chi connectivity index (χ3v) is 4.36. The highest BCUT2D eigenvalue weighted by molar-refractivity contribution is 5.20. The molecule has 0 saturated carbocycles. The molecule has 1 N–H and O–H groups in total. The first-order chi connectivity index (χ1) is 10.3. The van der Waals surface area contributed by atoms with Crippen LogP contribution in [0.5, 0.6) is 0 Å². The first-order valence-corrected chi connectivity index (χ1v) is 7.73. The van der Waals surface area contributed by atoms with E-state index in [1.807, 2.05) is 24.3 Å². The lowest BCUT2D eigenvalue weighted by Gasteiger charge is -2.32. The second-order valence-electron chi connectivity index (χ2n) is 5.81. The van der Waals surface area contributed by atoms with Gasteiger partial charge in [0.2, 0.25) is 0 Å². The summed E-state index contributed by atoms with van der Waals surface area (Å²) in [6.07, 6.45) is 7.31. The van der Waals surface area contributed by atoms with Crippen molar-refractivity contribution in [3.05, 3.63) is 59.9 Å². The average molecular weight is 287 g/mol. The van der Waals surface area contributed by atoms with Crippen LogP contribution in [0, 0.1) is 11.8 Å². The highest BCUT2D eigenvalue weighted by Gasteiger charge is 2.30. The van der Waals surface area contributed by atoms with E-state index >= 15 is 0 Å². The Labute approximate surface area is 125 Å². The monoisotopic (exact) mass is 287 g/mol. The number of piperidine rings is 1. The Balaban J connectivity index is 1.51. The van der Waals surface area contributed by atoms with Gasteiger partial charge in [0.1, 0.15) is 18.5 Å². The Kier molecular flexibility index (Phi) is 4.71. The average Bonchev–Trinajstić information content (AvgIpc) is 2.55. The molecule has 1 saturated heterocycles. The fourth-order valence-electron chi connectivity index (χ4n) is 3.11. The van der Waals surface area contributed by atoms with Crippen LogP contribution in [0.4, 0.5) is 4.39 Å². The molecule has 1 aromatic rings. The van der Waals surface area contributed by atoms with E-state index in [0.717, 1.165) is 30.7 Å². The summed E-state index contributed by atoms with van der Waals surface area (Å²) in [5, 5.41) is 3.11. The van der Waals surface area contributed by atoms with Crippen molar-refractivity contribution < 1.29 is 9.13 Å². The van der Waals surface area contributed by atoms with Crippen LogP contribution in [0.25, 0.3) is 0 Å². The minimum Gasteiger partial charge on any atom is -0.489 e. The van der Waals surface area contributed by atoms with E-state index in [4.69, 9.17) is 4.74 Å². The quantitative estimate of drug-likeness (QED) is 0.913. The van der Waals surface area contributed by atoms with Crippen LogP contribution in [0.15, 0.2) is 54.3 Å². The number of hydrogen-bond acceptors (Lipinski definition) is 2. The van der Waals surface area contributed by atoms with Crippen molar-refractivity contribution >= 4 is 0 Å². The van der Waals surface area contributed by atoms with Gasteiger partial charge in [0.15, 0.2) is 0 Å². The van der Waals surface area contributed by atoms with E-state index in [9.17, 15) is 4.39 Å². The van der Waals surface area contributed by atoms with Crippen LogP contribution >= 0.6 is 0 Å². The van der Waals surface area contributed by atoms with E-state index < -0.39 is 6.17 Å². The molecule has 0 amide bonds.